The van der Waals surface area contributed by atoms with Gasteiger partial charge in [-0.3, -0.25) is 0 Å². The van der Waals surface area contributed by atoms with Crippen molar-refractivity contribution < 1.29 is 4.79 Å². The van der Waals surface area contributed by atoms with Gasteiger partial charge in [-0.1, -0.05) is 0 Å². The van der Waals surface area contributed by atoms with Gasteiger partial charge in [-0.15, -0.1) is 0 Å². The minimum absolute atomic E-state index is 0.0133. The fourth-order valence-corrected chi connectivity index (χ4v) is 3.29. The molecule has 2 heterocycles. The molecule has 2 saturated heterocycles. The summed E-state index contributed by atoms with van der Waals surface area (Å²) in [7, 11) is 0. The van der Waals surface area contributed by atoms with Crippen LogP contribution in [0.4, 0.5) is 4.79 Å². The lowest BCUT2D eigenvalue weighted by Crippen LogP contribution is -2.45. The molecule has 0 spiro atoms. The Kier molecular flexibility index (Phi) is 4.78. The van der Waals surface area contributed by atoms with E-state index >= 15 is 0 Å². The van der Waals surface area contributed by atoms with Crippen molar-refractivity contribution in [2.45, 2.75) is 25.3 Å². The molecule has 0 aliphatic carbocycles. The van der Waals surface area contributed by atoms with Gasteiger partial charge in [-0.05, 0) is 44.0 Å². The zero-order valence-corrected chi connectivity index (χ0v) is 10.4. The smallest absolute Gasteiger partial charge is 0.315 e. The molecule has 0 aromatic heterocycles. The molecule has 0 saturated carbocycles. The summed E-state index contributed by atoms with van der Waals surface area (Å²) in [6, 6.07) is 0.389. The summed E-state index contributed by atoms with van der Waals surface area (Å²) in [5.74, 6) is 2.93. The molecule has 2 unspecified atom stereocenters. The summed E-state index contributed by atoms with van der Waals surface area (Å²) in [6.45, 7) is 2.94. The Balaban J connectivity index is 1.59. The first-order chi connectivity index (χ1) is 7.84. The molecular formula is C11H21N3OS. The summed E-state index contributed by atoms with van der Waals surface area (Å²) in [6.07, 6.45) is 3.53. The van der Waals surface area contributed by atoms with Gasteiger partial charge in [0.25, 0.3) is 0 Å². The van der Waals surface area contributed by atoms with Gasteiger partial charge in [0.2, 0.25) is 0 Å². The molecule has 0 aromatic carbocycles. The Morgan fingerprint density at radius 3 is 3.06 bits per heavy atom. The molecule has 0 bridgehead atoms. The van der Waals surface area contributed by atoms with Crippen LogP contribution in [-0.4, -0.2) is 43.2 Å². The SMILES string of the molecule is O=C(NCC1CCNC1)NC1CCCSC1. The standard InChI is InChI=1S/C11H21N3OS/c15-11(13-7-9-3-4-12-6-9)14-10-2-1-5-16-8-10/h9-10,12H,1-8H2,(H2,13,14,15). The van der Waals surface area contributed by atoms with Gasteiger partial charge in [0.05, 0.1) is 0 Å². The van der Waals surface area contributed by atoms with Crippen LogP contribution in [-0.2, 0) is 0 Å². The molecule has 2 rings (SSSR count). The number of hydrogen-bond donors (Lipinski definition) is 3. The number of rotatable bonds is 3. The van der Waals surface area contributed by atoms with Crippen LogP contribution >= 0.6 is 11.8 Å². The maximum Gasteiger partial charge on any atom is 0.315 e. The molecule has 2 amide bonds. The minimum atomic E-state index is 0.0133. The highest BCUT2D eigenvalue weighted by Crippen LogP contribution is 2.16. The number of amides is 2. The van der Waals surface area contributed by atoms with Gasteiger partial charge in [-0.2, -0.15) is 11.8 Å². The zero-order valence-electron chi connectivity index (χ0n) is 9.63. The van der Waals surface area contributed by atoms with Gasteiger partial charge in [-0.25, -0.2) is 4.79 Å². The maximum atomic E-state index is 11.6. The topological polar surface area (TPSA) is 53.2 Å². The summed E-state index contributed by atoms with van der Waals surface area (Å²) < 4.78 is 0. The highest BCUT2D eigenvalue weighted by molar-refractivity contribution is 7.99. The average Bonchev–Trinajstić information content (AvgIpc) is 2.81. The van der Waals surface area contributed by atoms with Crippen LogP contribution in [0.3, 0.4) is 0 Å². The van der Waals surface area contributed by atoms with E-state index in [4.69, 9.17) is 0 Å². The molecule has 5 heteroatoms. The van der Waals surface area contributed by atoms with Crippen molar-refractivity contribution in [3.05, 3.63) is 0 Å². The Hall–Kier alpha value is -0.420. The van der Waals surface area contributed by atoms with Crippen molar-refractivity contribution in [3.8, 4) is 0 Å². The largest absolute Gasteiger partial charge is 0.338 e. The molecule has 0 aromatic rings. The number of carbonyl (C=O) groups is 1. The third kappa shape index (κ3) is 3.87. The van der Waals surface area contributed by atoms with E-state index in [1.807, 2.05) is 11.8 Å². The quantitative estimate of drug-likeness (QED) is 0.687. The lowest BCUT2D eigenvalue weighted by molar-refractivity contribution is 0.235. The second-order valence-corrected chi connectivity index (χ2v) is 5.78. The van der Waals surface area contributed by atoms with Crippen molar-refractivity contribution in [1.82, 2.24) is 16.0 Å². The Morgan fingerprint density at radius 2 is 2.38 bits per heavy atom. The zero-order chi connectivity index (χ0) is 11.2. The molecule has 2 aliphatic rings. The summed E-state index contributed by atoms with van der Waals surface area (Å²) in [4.78, 5) is 11.6. The Labute approximate surface area is 101 Å². The first kappa shape index (κ1) is 12.0. The summed E-state index contributed by atoms with van der Waals surface area (Å²) >= 11 is 1.94. The first-order valence-electron chi connectivity index (χ1n) is 6.17. The predicted octanol–water partition coefficient (Wildman–Crippen LogP) is 0.791. The number of thioether (sulfide) groups is 1. The van der Waals surface area contributed by atoms with Crippen LogP contribution in [0.1, 0.15) is 19.3 Å². The van der Waals surface area contributed by atoms with E-state index in [1.165, 1.54) is 18.6 Å². The van der Waals surface area contributed by atoms with Crippen LogP contribution in [0.5, 0.6) is 0 Å². The fraction of sp³-hybridized carbons (Fsp3) is 0.909. The normalized spacial score (nSPS) is 30.0. The summed E-state index contributed by atoms with van der Waals surface area (Å²) in [5.41, 5.74) is 0. The monoisotopic (exact) mass is 243 g/mol. The van der Waals surface area contributed by atoms with Crippen molar-refractivity contribution in [2.75, 3.05) is 31.1 Å². The molecule has 3 N–H and O–H groups in total. The molecule has 2 aliphatic heterocycles. The van der Waals surface area contributed by atoms with E-state index in [0.29, 0.717) is 12.0 Å². The van der Waals surface area contributed by atoms with Gasteiger partial charge >= 0.3 is 6.03 Å². The summed E-state index contributed by atoms with van der Waals surface area (Å²) in [5, 5.41) is 9.33. The van der Waals surface area contributed by atoms with E-state index in [1.54, 1.807) is 0 Å². The van der Waals surface area contributed by atoms with E-state index in [-0.39, 0.29) is 6.03 Å². The second-order valence-electron chi connectivity index (χ2n) is 4.63. The van der Waals surface area contributed by atoms with Crippen LogP contribution in [0.15, 0.2) is 0 Å². The van der Waals surface area contributed by atoms with Crippen molar-refractivity contribution in [3.63, 3.8) is 0 Å². The second kappa shape index (κ2) is 6.35. The van der Waals surface area contributed by atoms with E-state index in [2.05, 4.69) is 16.0 Å². The van der Waals surface area contributed by atoms with Crippen molar-refractivity contribution in [2.24, 2.45) is 5.92 Å². The fourth-order valence-electron chi connectivity index (χ4n) is 2.22. The molecule has 0 radical (unpaired) electrons. The first-order valence-corrected chi connectivity index (χ1v) is 7.33. The molecule has 16 heavy (non-hydrogen) atoms. The van der Waals surface area contributed by atoms with Crippen LogP contribution in [0.2, 0.25) is 0 Å². The Morgan fingerprint density at radius 1 is 1.44 bits per heavy atom. The van der Waals surface area contributed by atoms with E-state index in [9.17, 15) is 4.79 Å². The Bertz CT molecular complexity index is 225. The molecule has 92 valence electrons. The van der Waals surface area contributed by atoms with E-state index < -0.39 is 0 Å². The third-order valence-corrected chi connectivity index (χ3v) is 4.42. The minimum Gasteiger partial charge on any atom is -0.338 e. The molecular weight excluding hydrogens is 222 g/mol. The number of urea groups is 1. The third-order valence-electron chi connectivity index (χ3n) is 3.21. The molecule has 4 nitrogen and oxygen atoms in total. The van der Waals surface area contributed by atoms with E-state index in [0.717, 1.165) is 31.8 Å². The van der Waals surface area contributed by atoms with Gasteiger partial charge in [0.15, 0.2) is 0 Å². The van der Waals surface area contributed by atoms with Crippen molar-refractivity contribution >= 4 is 17.8 Å². The lowest BCUT2D eigenvalue weighted by Gasteiger charge is -2.23. The van der Waals surface area contributed by atoms with Gasteiger partial charge in [0.1, 0.15) is 0 Å². The highest BCUT2D eigenvalue weighted by atomic mass is 32.2. The van der Waals surface area contributed by atoms with Gasteiger partial charge < -0.3 is 16.0 Å². The predicted molar refractivity (Wildman–Crippen MR) is 67.9 cm³/mol. The molecule has 2 fully saturated rings. The van der Waals surface area contributed by atoms with Crippen LogP contribution < -0.4 is 16.0 Å². The van der Waals surface area contributed by atoms with Crippen molar-refractivity contribution in [1.29, 1.82) is 0 Å². The van der Waals surface area contributed by atoms with Gasteiger partial charge in [0, 0.05) is 18.3 Å². The lowest BCUT2D eigenvalue weighted by atomic mass is 10.1. The van der Waals surface area contributed by atoms with Crippen LogP contribution in [0.25, 0.3) is 0 Å². The molecule has 2 atom stereocenters. The number of nitrogens with one attached hydrogen (secondary N) is 3. The average molecular weight is 243 g/mol. The maximum absolute atomic E-state index is 11.6. The number of carbonyl (C=O) groups excluding carboxylic acids is 1. The number of hydrogen-bond acceptors (Lipinski definition) is 3. The highest BCUT2D eigenvalue weighted by Gasteiger charge is 2.18. The van der Waals surface area contributed by atoms with Crippen LogP contribution in [0, 0.1) is 5.92 Å².